The third kappa shape index (κ3) is 3.93. The van der Waals surface area contributed by atoms with Crippen molar-refractivity contribution in [1.29, 1.82) is 0 Å². The fourth-order valence-corrected chi connectivity index (χ4v) is 3.24. The van der Waals surface area contributed by atoms with E-state index in [1.54, 1.807) is 18.2 Å². The first kappa shape index (κ1) is 18.1. The lowest BCUT2D eigenvalue weighted by Crippen LogP contribution is -2.38. The summed E-state index contributed by atoms with van der Waals surface area (Å²) in [5.74, 6) is 0.254. The summed E-state index contributed by atoms with van der Waals surface area (Å²) in [7, 11) is 0. The highest BCUT2D eigenvalue weighted by Gasteiger charge is 2.23. The molecule has 2 amide bonds. The molecule has 0 radical (unpaired) electrons. The molecule has 1 aliphatic rings. The van der Waals surface area contributed by atoms with E-state index in [9.17, 15) is 9.59 Å². The van der Waals surface area contributed by atoms with E-state index >= 15 is 0 Å². The van der Waals surface area contributed by atoms with Gasteiger partial charge < -0.3 is 10.2 Å². The van der Waals surface area contributed by atoms with Crippen LogP contribution >= 0.6 is 0 Å². The van der Waals surface area contributed by atoms with Crippen molar-refractivity contribution in [2.45, 2.75) is 33.6 Å². The summed E-state index contributed by atoms with van der Waals surface area (Å²) in [5.41, 5.74) is 3.36. The van der Waals surface area contributed by atoms with Gasteiger partial charge in [-0.1, -0.05) is 31.2 Å². The predicted octanol–water partition coefficient (Wildman–Crippen LogP) is 3.82. The Balaban J connectivity index is 1.76. The molecule has 26 heavy (non-hydrogen) atoms. The van der Waals surface area contributed by atoms with Gasteiger partial charge in [0.05, 0.1) is 0 Å². The summed E-state index contributed by atoms with van der Waals surface area (Å²) < 4.78 is 0. The Morgan fingerprint density at radius 3 is 2.23 bits per heavy atom. The highest BCUT2D eigenvalue weighted by Crippen LogP contribution is 2.21. The third-order valence-corrected chi connectivity index (χ3v) is 4.99. The molecule has 1 fully saturated rings. The van der Waals surface area contributed by atoms with E-state index < -0.39 is 0 Å². The molecule has 0 atom stereocenters. The molecule has 1 aliphatic heterocycles. The Hall–Kier alpha value is -2.69. The molecule has 2 aromatic rings. The first-order valence-electron chi connectivity index (χ1n) is 9.09. The lowest BCUT2D eigenvalue weighted by molar-refractivity contribution is 0.0691. The average molecular weight is 351 g/mol. The molecule has 2 heterocycles. The maximum absolute atomic E-state index is 12.7. The number of aromatic nitrogens is 1. The van der Waals surface area contributed by atoms with Gasteiger partial charge in [0.25, 0.3) is 11.8 Å². The van der Waals surface area contributed by atoms with E-state index in [1.165, 1.54) is 0 Å². The maximum Gasteiger partial charge on any atom is 0.274 e. The van der Waals surface area contributed by atoms with Crippen LogP contribution in [-0.2, 0) is 0 Å². The number of pyridine rings is 1. The number of carbonyl (C=O) groups is 2. The Labute approximate surface area is 154 Å². The minimum Gasteiger partial charge on any atom is -0.337 e. The quantitative estimate of drug-likeness (QED) is 0.914. The van der Waals surface area contributed by atoms with Crippen molar-refractivity contribution in [3.05, 3.63) is 58.9 Å². The number of likely N-dealkylation sites (tertiary alicyclic amines) is 1. The van der Waals surface area contributed by atoms with E-state index in [0.717, 1.165) is 42.7 Å². The van der Waals surface area contributed by atoms with Gasteiger partial charge in [-0.15, -0.1) is 0 Å². The van der Waals surface area contributed by atoms with Crippen LogP contribution in [0.1, 0.15) is 51.9 Å². The smallest absolute Gasteiger partial charge is 0.274 e. The number of carbonyl (C=O) groups excluding carboxylic acids is 2. The van der Waals surface area contributed by atoms with Crippen molar-refractivity contribution in [1.82, 2.24) is 9.88 Å². The molecule has 0 bridgehead atoms. The van der Waals surface area contributed by atoms with Crippen LogP contribution in [0, 0.1) is 19.8 Å². The van der Waals surface area contributed by atoms with Gasteiger partial charge in [0.15, 0.2) is 0 Å². The van der Waals surface area contributed by atoms with Crippen LogP contribution in [0.4, 0.5) is 5.69 Å². The van der Waals surface area contributed by atoms with Crippen LogP contribution < -0.4 is 5.32 Å². The summed E-state index contributed by atoms with van der Waals surface area (Å²) in [6.07, 6.45) is 2.02. The molecule has 5 heteroatoms. The van der Waals surface area contributed by atoms with Gasteiger partial charge in [-0.05, 0) is 55.9 Å². The number of piperidine rings is 1. The Morgan fingerprint density at radius 1 is 1.00 bits per heavy atom. The largest absolute Gasteiger partial charge is 0.337 e. The number of nitrogens with one attached hydrogen (secondary N) is 1. The molecule has 136 valence electrons. The van der Waals surface area contributed by atoms with Crippen molar-refractivity contribution in [2.75, 3.05) is 18.4 Å². The minimum atomic E-state index is -0.302. The maximum atomic E-state index is 12.7. The summed E-state index contributed by atoms with van der Waals surface area (Å²) in [4.78, 5) is 31.4. The highest BCUT2D eigenvalue weighted by molar-refractivity contribution is 6.04. The van der Waals surface area contributed by atoms with Crippen LogP contribution in [0.5, 0.6) is 0 Å². The number of hydrogen-bond acceptors (Lipinski definition) is 3. The molecule has 0 spiro atoms. The molecule has 0 saturated carbocycles. The zero-order chi connectivity index (χ0) is 18.7. The summed E-state index contributed by atoms with van der Waals surface area (Å²) in [6.45, 7) is 7.61. The van der Waals surface area contributed by atoms with Crippen molar-refractivity contribution in [3.63, 3.8) is 0 Å². The fraction of sp³-hybridized carbons (Fsp3) is 0.381. The fourth-order valence-electron chi connectivity index (χ4n) is 3.24. The number of para-hydroxylation sites is 1. The van der Waals surface area contributed by atoms with E-state index in [1.807, 2.05) is 36.9 Å². The second-order valence-corrected chi connectivity index (χ2v) is 7.10. The monoisotopic (exact) mass is 351 g/mol. The first-order chi connectivity index (χ1) is 12.5. The second-order valence-electron chi connectivity index (χ2n) is 7.10. The molecule has 1 N–H and O–H groups in total. The van der Waals surface area contributed by atoms with Crippen LogP contribution in [0.25, 0.3) is 0 Å². The molecule has 1 aromatic heterocycles. The molecule has 3 rings (SSSR count). The summed E-state index contributed by atoms with van der Waals surface area (Å²) in [6, 6.07) is 10.9. The number of nitrogens with zero attached hydrogens (tertiary/aromatic N) is 2. The van der Waals surface area contributed by atoms with Crippen LogP contribution in [0.3, 0.4) is 0 Å². The molecule has 0 unspecified atom stereocenters. The molecular formula is C21H25N3O2. The number of benzene rings is 1. The average Bonchev–Trinajstić information content (AvgIpc) is 2.65. The number of rotatable bonds is 3. The van der Waals surface area contributed by atoms with Crippen molar-refractivity contribution in [3.8, 4) is 0 Å². The predicted molar refractivity (Wildman–Crippen MR) is 102 cm³/mol. The van der Waals surface area contributed by atoms with Crippen LogP contribution in [-0.4, -0.2) is 34.8 Å². The van der Waals surface area contributed by atoms with Gasteiger partial charge in [0.1, 0.15) is 11.4 Å². The lowest BCUT2D eigenvalue weighted by atomic mass is 9.99. The van der Waals surface area contributed by atoms with Gasteiger partial charge in [0.2, 0.25) is 0 Å². The highest BCUT2D eigenvalue weighted by atomic mass is 16.2. The van der Waals surface area contributed by atoms with Crippen molar-refractivity contribution >= 4 is 17.5 Å². The topological polar surface area (TPSA) is 62.3 Å². The molecule has 1 aromatic carbocycles. The zero-order valence-corrected chi connectivity index (χ0v) is 15.6. The number of anilines is 1. The third-order valence-electron chi connectivity index (χ3n) is 4.99. The number of aryl methyl sites for hydroxylation is 2. The molecule has 1 saturated heterocycles. The number of amides is 2. The normalized spacial score (nSPS) is 15.0. The second kappa shape index (κ2) is 7.68. The van der Waals surface area contributed by atoms with E-state index in [2.05, 4.69) is 17.2 Å². The van der Waals surface area contributed by atoms with Gasteiger partial charge in [-0.3, -0.25) is 9.59 Å². The zero-order valence-electron chi connectivity index (χ0n) is 15.6. The Morgan fingerprint density at radius 2 is 1.58 bits per heavy atom. The van der Waals surface area contributed by atoms with Crippen molar-refractivity contribution in [2.24, 2.45) is 5.92 Å². The van der Waals surface area contributed by atoms with Gasteiger partial charge in [-0.25, -0.2) is 4.98 Å². The SMILES string of the molecule is Cc1cccc(C)c1NC(=O)c1cccc(C(=O)N2CCC(C)CC2)n1. The lowest BCUT2D eigenvalue weighted by Gasteiger charge is -2.30. The molecule has 0 aliphatic carbocycles. The van der Waals surface area contributed by atoms with Crippen LogP contribution in [0.2, 0.25) is 0 Å². The summed E-state index contributed by atoms with van der Waals surface area (Å²) in [5, 5.41) is 2.92. The van der Waals surface area contributed by atoms with E-state index in [0.29, 0.717) is 11.6 Å². The van der Waals surface area contributed by atoms with Gasteiger partial charge in [-0.2, -0.15) is 0 Å². The van der Waals surface area contributed by atoms with E-state index in [4.69, 9.17) is 0 Å². The van der Waals surface area contributed by atoms with Gasteiger partial charge in [0, 0.05) is 18.8 Å². The molecular weight excluding hydrogens is 326 g/mol. The minimum absolute atomic E-state index is 0.0985. The van der Waals surface area contributed by atoms with E-state index in [-0.39, 0.29) is 17.5 Å². The van der Waals surface area contributed by atoms with Gasteiger partial charge >= 0.3 is 0 Å². The molecule has 5 nitrogen and oxygen atoms in total. The summed E-state index contributed by atoms with van der Waals surface area (Å²) >= 11 is 0. The van der Waals surface area contributed by atoms with Crippen molar-refractivity contribution < 1.29 is 9.59 Å². The van der Waals surface area contributed by atoms with Crippen LogP contribution in [0.15, 0.2) is 36.4 Å². The number of hydrogen-bond donors (Lipinski definition) is 1. The first-order valence-corrected chi connectivity index (χ1v) is 9.09. The standard InChI is InChI=1S/C21H25N3O2/c1-14-10-12-24(13-11-14)21(26)18-9-5-8-17(22-18)20(25)23-19-15(2)6-4-7-16(19)3/h4-9,14H,10-13H2,1-3H3,(H,23,25). The Kier molecular flexibility index (Phi) is 5.35. The Bertz CT molecular complexity index is 804.